The summed E-state index contributed by atoms with van der Waals surface area (Å²) in [5.74, 6) is 0.712. The van der Waals surface area contributed by atoms with Crippen molar-refractivity contribution in [2.24, 2.45) is 0 Å². The molecule has 0 saturated carbocycles. The van der Waals surface area contributed by atoms with Gasteiger partial charge in [0, 0.05) is 12.1 Å². The van der Waals surface area contributed by atoms with Crippen LogP contribution in [0.15, 0.2) is 72.8 Å². The van der Waals surface area contributed by atoms with Crippen LogP contribution in [0.5, 0.6) is 5.75 Å². The van der Waals surface area contributed by atoms with E-state index in [1.54, 1.807) is 0 Å². The molecule has 0 atom stereocenters. The predicted octanol–water partition coefficient (Wildman–Crippen LogP) is 5.05. The lowest BCUT2D eigenvalue weighted by atomic mass is 10.1. The van der Waals surface area contributed by atoms with Gasteiger partial charge in [0.15, 0.2) is 0 Å². The number of nitrogens with one attached hydrogen (secondary N) is 1. The number of para-hydroxylation sites is 1. The van der Waals surface area contributed by atoms with Crippen LogP contribution in [0, 0.1) is 12.7 Å². The van der Waals surface area contributed by atoms with E-state index in [4.69, 9.17) is 4.74 Å². The number of rotatable bonds is 8. The molecular weight excluding hydrogens is 325 g/mol. The fourth-order valence-corrected chi connectivity index (χ4v) is 2.74. The number of aryl methyl sites for hydroxylation is 1. The first-order valence-corrected chi connectivity index (χ1v) is 8.92. The van der Waals surface area contributed by atoms with Gasteiger partial charge in [0.2, 0.25) is 0 Å². The highest BCUT2D eigenvalue weighted by Gasteiger charge is 2.03. The van der Waals surface area contributed by atoms with Gasteiger partial charge in [-0.2, -0.15) is 0 Å². The average molecular weight is 349 g/mol. The Morgan fingerprint density at radius 3 is 2.31 bits per heavy atom. The molecule has 0 aliphatic rings. The first-order valence-electron chi connectivity index (χ1n) is 8.92. The molecule has 0 heterocycles. The molecule has 0 saturated heterocycles. The van der Waals surface area contributed by atoms with Crippen LogP contribution in [0.4, 0.5) is 4.39 Å². The lowest BCUT2D eigenvalue weighted by Gasteiger charge is -2.12. The molecule has 3 heteroatoms. The third-order valence-corrected chi connectivity index (χ3v) is 4.31. The lowest BCUT2D eigenvalue weighted by molar-refractivity contribution is 0.302. The molecule has 3 aromatic carbocycles. The van der Waals surface area contributed by atoms with E-state index in [-0.39, 0.29) is 5.82 Å². The molecule has 26 heavy (non-hydrogen) atoms. The van der Waals surface area contributed by atoms with Crippen LogP contribution in [-0.4, -0.2) is 6.54 Å². The smallest absolute Gasteiger partial charge is 0.124 e. The van der Waals surface area contributed by atoms with E-state index in [1.165, 1.54) is 17.7 Å². The highest BCUT2D eigenvalue weighted by Crippen LogP contribution is 2.19. The molecule has 0 amide bonds. The molecule has 0 spiro atoms. The van der Waals surface area contributed by atoms with E-state index in [9.17, 15) is 4.39 Å². The maximum Gasteiger partial charge on any atom is 0.124 e. The summed E-state index contributed by atoms with van der Waals surface area (Å²) < 4.78 is 18.9. The van der Waals surface area contributed by atoms with Crippen LogP contribution < -0.4 is 10.1 Å². The SMILES string of the molecule is Cc1ccc(COc2ccccc2CNCCc2ccc(F)cc2)cc1. The number of benzene rings is 3. The molecule has 0 radical (unpaired) electrons. The highest BCUT2D eigenvalue weighted by molar-refractivity contribution is 5.33. The summed E-state index contributed by atoms with van der Waals surface area (Å²) in [6, 6.07) is 23.2. The van der Waals surface area contributed by atoms with Gasteiger partial charge in [0.1, 0.15) is 18.2 Å². The zero-order valence-corrected chi connectivity index (χ0v) is 15.0. The van der Waals surface area contributed by atoms with Crippen molar-refractivity contribution in [1.82, 2.24) is 5.32 Å². The molecule has 134 valence electrons. The molecule has 0 aliphatic carbocycles. The molecule has 3 aromatic rings. The number of ether oxygens (including phenoxy) is 1. The molecule has 3 rings (SSSR count). The maximum atomic E-state index is 12.9. The number of hydrogen-bond donors (Lipinski definition) is 1. The summed E-state index contributed by atoms with van der Waals surface area (Å²) in [7, 11) is 0. The van der Waals surface area contributed by atoms with E-state index >= 15 is 0 Å². The van der Waals surface area contributed by atoms with Crippen molar-refractivity contribution in [2.75, 3.05) is 6.54 Å². The fraction of sp³-hybridized carbons (Fsp3) is 0.217. The van der Waals surface area contributed by atoms with Crippen molar-refractivity contribution in [3.8, 4) is 5.75 Å². The Morgan fingerprint density at radius 1 is 0.846 bits per heavy atom. The molecule has 0 unspecified atom stereocenters. The second kappa shape index (κ2) is 9.16. The van der Waals surface area contributed by atoms with Crippen molar-refractivity contribution in [3.05, 3.63) is 101 Å². The van der Waals surface area contributed by atoms with Gasteiger partial charge in [0.05, 0.1) is 0 Å². The summed E-state index contributed by atoms with van der Waals surface area (Å²) in [6.07, 6.45) is 0.868. The van der Waals surface area contributed by atoms with Crippen molar-refractivity contribution in [1.29, 1.82) is 0 Å². The second-order valence-electron chi connectivity index (χ2n) is 6.44. The zero-order valence-electron chi connectivity index (χ0n) is 15.0. The Labute approximate surface area is 154 Å². The van der Waals surface area contributed by atoms with Gasteiger partial charge < -0.3 is 10.1 Å². The van der Waals surface area contributed by atoms with Gasteiger partial charge in [-0.1, -0.05) is 60.2 Å². The van der Waals surface area contributed by atoms with Crippen LogP contribution in [0.2, 0.25) is 0 Å². The summed E-state index contributed by atoms with van der Waals surface area (Å²) in [5, 5.41) is 3.44. The molecule has 2 nitrogen and oxygen atoms in total. The van der Waals surface area contributed by atoms with Crippen LogP contribution in [-0.2, 0) is 19.6 Å². The summed E-state index contributed by atoms with van der Waals surface area (Å²) in [5.41, 5.74) is 4.68. The van der Waals surface area contributed by atoms with Gasteiger partial charge in [0.25, 0.3) is 0 Å². The Morgan fingerprint density at radius 2 is 1.54 bits per heavy atom. The Hall–Kier alpha value is -2.65. The van der Waals surface area contributed by atoms with E-state index in [0.717, 1.165) is 42.0 Å². The molecule has 0 bridgehead atoms. The van der Waals surface area contributed by atoms with Crippen molar-refractivity contribution < 1.29 is 9.13 Å². The van der Waals surface area contributed by atoms with Gasteiger partial charge >= 0.3 is 0 Å². The monoisotopic (exact) mass is 349 g/mol. The van der Waals surface area contributed by atoms with E-state index < -0.39 is 0 Å². The van der Waals surface area contributed by atoms with E-state index in [1.807, 2.05) is 30.3 Å². The third-order valence-electron chi connectivity index (χ3n) is 4.31. The van der Waals surface area contributed by atoms with Crippen LogP contribution in [0.25, 0.3) is 0 Å². The standard InChI is InChI=1S/C23H24FNO/c1-18-6-8-20(9-7-18)17-26-23-5-3-2-4-21(23)16-25-15-14-19-10-12-22(24)13-11-19/h2-13,25H,14-17H2,1H3. The number of hydrogen-bond acceptors (Lipinski definition) is 2. The molecule has 0 aromatic heterocycles. The van der Waals surface area contributed by atoms with Gasteiger partial charge in [-0.3, -0.25) is 0 Å². The Kier molecular flexibility index (Phi) is 6.39. The number of halogens is 1. The van der Waals surface area contributed by atoms with Gasteiger partial charge in [-0.25, -0.2) is 4.39 Å². The topological polar surface area (TPSA) is 21.3 Å². The Balaban J connectivity index is 1.50. The maximum absolute atomic E-state index is 12.9. The van der Waals surface area contributed by atoms with Crippen LogP contribution in [0.1, 0.15) is 22.3 Å². The Bertz CT molecular complexity index is 812. The third kappa shape index (κ3) is 5.43. The second-order valence-corrected chi connectivity index (χ2v) is 6.44. The minimum absolute atomic E-state index is 0.193. The largest absolute Gasteiger partial charge is 0.489 e. The zero-order chi connectivity index (χ0) is 18.2. The molecule has 1 N–H and O–H groups in total. The van der Waals surface area contributed by atoms with Crippen LogP contribution in [0.3, 0.4) is 0 Å². The van der Waals surface area contributed by atoms with Crippen LogP contribution >= 0.6 is 0 Å². The lowest BCUT2D eigenvalue weighted by Crippen LogP contribution is -2.17. The average Bonchev–Trinajstić information content (AvgIpc) is 2.67. The predicted molar refractivity (Wildman–Crippen MR) is 104 cm³/mol. The van der Waals surface area contributed by atoms with E-state index in [2.05, 4.69) is 42.6 Å². The minimum Gasteiger partial charge on any atom is -0.489 e. The van der Waals surface area contributed by atoms with E-state index in [0.29, 0.717) is 6.61 Å². The first-order chi connectivity index (χ1) is 12.7. The summed E-state index contributed by atoms with van der Waals surface area (Å²) >= 11 is 0. The minimum atomic E-state index is -0.193. The normalized spacial score (nSPS) is 10.7. The molecular formula is C23H24FNO. The van der Waals surface area contributed by atoms with Gasteiger partial charge in [-0.05, 0) is 49.2 Å². The van der Waals surface area contributed by atoms with Gasteiger partial charge in [-0.15, -0.1) is 0 Å². The summed E-state index contributed by atoms with van der Waals surface area (Å²) in [6.45, 7) is 4.22. The quantitative estimate of drug-likeness (QED) is 0.575. The fourth-order valence-electron chi connectivity index (χ4n) is 2.74. The molecule has 0 aliphatic heterocycles. The van der Waals surface area contributed by atoms with Crippen molar-refractivity contribution >= 4 is 0 Å². The molecule has 0 fully saturated rings. The summed E-state index contributed by atoms with van der Waals surface area (Å²) in [4.78, 5) is 0. The first kappa shape index (κ1) is 18.2. The van der Waals surface area contributed by atoms with Crippen molar-refractivity contribution in [2.45, 2.75) is 26.5 Å². The highest BCUT2D eigenvalue weighted by atomic mass is 19.1. The van der Waals surface area contributed by atoms with Crippen molar-refractivity contribution in [3.63, 3.8) is 0 Å².